The van der Waals surface area contributed by atoms with E-state index in [0.29, 0.717) is 5.52 Å². The molecule has 1 heterocycles. The number of fused-ring (bicyclic) bond motifs is 1. The molecule has 0 N–H and O–H groups in total. The maximum atomic E-state index is 12.5. The van der Waals surface area contributed by atoms with E-state index < -0.39 is 11.7 Å². The zero-order valence-corrected chi connectivity index (χ0v) is 11.3. The second-order valence-corrected chi connectivity index (χ2v) is 5.42. The summed E-state index contributed by atoms with van der Waals surface area (Å²) in [4.78, 5) is 16.5. The summed E-state index contributed by atoms with van der Waals surface area (Å²) in [5.74, 6) is -0.370. The van der Waals surface area contributed by atoms with Crippen molar-refractivity contribution >= 4 is 27.3 Å². The highest BCUT2D eigenvalue weighted by Gasteiger charge is 2.30. The predicted molar refractivity (Wildman–Crippen MR) is 74.5 cm³/mol. The number of carbonyl (C=O) groups is 1. The quantitative estimate of drug-likeness (QED) is 0.650. The van der Waals surface area contributed by atoms with Crippen LogP contribution in [-0.4, -0.2) is 10.8 Å². The topological polar surface area (TPSA) is 30.0 Å². The van der Waals surface area contributed by atoms with Gasteiger partial charge < -0.3 is 0 Å². The summed E-state index contributed by atoms with van der Waals surface area (Å²) in [5.41, 5.74) is 0.128. The van der Waals surface area contributed by atoms with E-state index in [-0.39, 0.29) is 16.4 Å². The number of alkyl halides is 3. The number of aromatic nitrogens is 1. The first-order valence-corrected chi connectivity index (χ1v) is 6.84. The summed E-state index contributed by atoms with van der Waals surface area (Å²) < 4.78 is 38.3. The monoisotopic (exact) mass is 307 g/mol. The zero-order chi connectivity index (χ0) is 15.0. The number of rotatable bonds is 2. The molecular weight excluding hydrogens is 299 g/mol. The molecule has 0 aliphatic heterocycles. The Bertz CT molecular complexity index is 773. The SMILES string of the molecule is O=C(c1ccc(C(F)(F)F)cc1)c1nc2ccccc2s1. The van der Waals surface area contributed by atoms with Crippen LogP contribution in [0, 0.1) is 0 Å². The molecule has 6 heteroatoms. The molecule has 0 radical (unpaired) electrons. The van der Waals surface area contributed by atoms with Crippen molar-refractivity contribution in [3.8, 4) is 0 Å². The number of hydrogen-bond acceptors (Lipinski definition) is 3. The maximum Gasteiger partial charge on any atom is 0.416 e. The van der Waals surface area contributed by atoms with Crippen molar-refractivity contribution < 1.29 is 18.0 Å². The Kier molecular flexibility index (Phi) is 3.25. The van der Waals surface area contributed by atoms with Crippen molar-refractivity contribution in [3.05, 3.63) is 64.7 Å². The summed E-state index contributed by atoms with van der Waals surface area (Å²) >= 11 is 1.23. The third-order valence-corrected chi connectivity index (χ3v) is 4.00. The normalized spacial score (nSPS) is 11.8. The van der Waals surface area contributed by atoms with E-state index in [1.165, 1.54) is 23.5 Å². The van der Waals surface area contributed by atoms with Crippen LogP contribution in [0.25, 0.3) is 10.2 Å². The molecule has 3 aromatic rings. The molecule has 0 unspecified atom stereocenters. The average Bonchev–Trinajstić information content (AvgIpc) is 2.89. The van der Waals surface area contributed by atoms with Crippen molar-refractivity contribution in [1.82, 2.24) is 4.98 Å². The molecule has 0 amide bonds. The van der Waals surface area contributed by atoms with E-state index in [0.717, 1.165) is 16.8 Å². The Morgan fingerprint density at radius 3 is 2.29 bits per heavy atom. The highest BCUT2D eigenvalue weighted by molar-refractivity contribution is 7.20. The summed E-state index contributed by atoms with van der Waals surface area (Å²) in [6, 6.07) is 11.4. The molecule has 106 valence electrons. The Balaban J connectivity index is 1.94. The van der Waals surface area contributed by atoms with Crippen LogP contribution in [0.15, 0.2) is 48.5 Å². The van der Waals surface area contributed by atoms with Gasteiger partial charge in [-0.25, -0.2) is 4.98 Å². The lowest BCUT2D eigenvalue weighted by atomic mass is 10.1. The van der Waals surface area contributed by atoms with Gasteiger partial charge >= 0.3 is 6.18 Å². The fourth-order valence-electron chi connectivity index (χ4n) is 1.90. The molecule has 2 nitrogen and oxygen atoms in total. The molecule has 0 fully saturated rings. The minimum atomic E-state index is -4.41. The molecule has 2 aromatic carbocycles. The number of halogens is 3. The van der Waals surface area contributed by atoms with E-state index in [1.807, 2.05) is 18.2 Å². The molecule has 3 rings (SSSR count). The van der Waals surface area contributed by atoms with Crippen LogP contribution in [0.5, 0.6) is 0 Å². The standard InChI is InChI=1S/C15H8F3NOS/c16-15(17,18)10-7-5-9(6-8-10)13(20)14-19-11-3-1-2-4-12(11)21-14/h1-8H. The van der Waals surface area contributed by atoms with E-state index in [9.17, 15) is 18.0 Å². The van der Waals surface area contributed by atoms with Crippen molar-refractivity contribution in [2.24, 2.45) is 0 Å². The number of para-hydroxylation sites is 1. The highest BCUT2D eigenvalue weighted by Crippen LogP contribution is 2.30. The molecule has 1 aromatic heterocycles. The van der Waals surface area contributed by atoms with Crippen molar-refractivity contribution in [1.29, 1.82) is 0 Å². The highest BCUT2D eigenvalue weighted by atomic mass is 32.1. The molecule has 0 atom stereocenters. The largest absolute Gasteiger partial charge is 0.416 e. The van der Waals surface area contributed by atoms with Gasteiger partial charge in [-0.15, -0.1) is 11.3 Å². The van der Waals surface area contributed by atoms with Crippen molar-refractivity contribution in [2.45, 2.75) is 6.18 Å². The van der Waals surface area contributed by atoms with Gasteiger partial charge in [-0.1, -0.05) is 24.3 Å². The molecule has 21 heavy (non-hydrogen) atoms. The number of hydrogen-bond donors (Lipinski definition) is 0. The Morgan fingerprint density at radius 1 is 1.00 bits per heavy atom. The van der Waals surface area contributed by atoms with Crippen LogP contribution >= 0.6 is 11.3 Å². The van der Waals surface area contributed by atoms with E-state index in [1.54, 1.807) is 6.07 Å². The van der Waals surface area contributed by atoms with Gasteiger partial charge in [-0.2, -0.15) is 13.2 Å². The first-order valence-electron chi connectivity index (χ1n) is 6.03. The molecule has 0 saturated heterocycles. The van der Waals surface area contributed by atoms with Gasteiger partial charge in [0.15, 0.2) is 5.01 Å². The lowest BCUT2D eigenvalue weighted by Crippen LogP contribution is -2.06. The molecule has 0 saturated carbocycles. The number of thiazole rings is 1. The Hall–Kier alpha value is -2.21. The summed E-state index contributed by atoms with van der Waals surface area (Å²) in [6.07, 6.45) is -4.41. The van der Waals surface area contributed by atoms with Gasteiger partial charge in [0.25, 0.3) is 0 Å². The molecule has 0 aliphatic carbocycles. The number of ketones is 1. The minimum absolute atomic E-state index is 0.196. The summed E-state index contributed by atoms with van der Waals surface area (Å²) in [6.45, 7) is 0. The van der Waals surface area contributed by atoms with Crippen LogP contribution in [0.3, 0.4) is 0 Å². The summed E-state index contributed by atoms with van der Waals surface area (Å²) in [5, 5.41) is 0.274. The number of nitrogens with zero attached hydrogens (tertiary/aromatic N) is 1. The maximum absolute atomic E-state index is 12.5. The molecule has 0 bridgehead atoms. The Labute approximate surface area is 121 Å². The fraction of sp³-hybridized carbons (Fsp3) is 0.0667. The molecular formula is C15H8F3NOS. The van der Waals surface area contributed by atoms with Crippen molar-refractivity contribution in [2.75, 3.05) is 0 Å². The smallest absolute Gasteiger partial charge is 0.286 e. The number of carbonyl (C=O) groups excluding carboxylic acids is 1. The van der Waals surface area contributed by atoms with Crippen LogP contribution in [-0.2, 0) is 6.18 Å². The van der Waals surface area contributed by atoms with E-state index in [2.05, 4.69) is 4.98 Å². The van der Waals surface area contributed by atoms with Crippen LogP contribution < -0.4 is 0 Å². The van der Waals surface area contributed by atoms with Gasteiger partial charge in [0.2, 0.25) is 5.78 Å². The summed E-state index contributed by atoms with van der Waals surface area (Å²) in [7, 11) is 0. The predicted octanol–water partition coefficient (Wildman–Crippen LogP) is 4.55. The first kappa shape index (κ1) is 13.8. The van der Waals surface area contributed by atoms with Gasteiger partial charge in [0.05, 0.1) is 15.8 Å². The van der Waals surface area contributed by atoms with E-state index in [4.69, 9.17) is 0 Å². The number of benzene rings is 2. The fourth-order valence-corrected chi connectivity index (χ4v) is 2.83. The van der Waals surface area contributed by atoms with Gasteiger partial charge in [-0.3, -0.25) is 4.79 Å². The first-order chi connectivity index (χ1) is 9.95. The second kappa shape index (κ2) is 4.96. The van der Waals surface area contributed by atoms with Gasteiger partial charge in [0, 0.05) is 5.56 Å². The zero-order valence-electron chi connectivity index (χ0n) is 10.5. The minimum Gasteiger partial charge on any atom is -0.286 e. The lowest BCUT2D eigenvalue weighted by molar-refractivity contribution is -0.137. The van der Waals surface area contributed by atoms with Crippen LogP contribution in [0.1, 0.15) is 20.9 Å². The van der Waals surface area contributed by atoms with Crippen LogP contribution in [0.4, 0.5) is 13.2 Å². The second-order valence-electron chi connectivity index (χ2n) is 4.39. The van der Waals surface area contributed by atoms with Gasteiger partial charge in [0.1, 0.15) is 0 Å². The molecule has 0 aliphatic rings. The average molecular weight is 307 g/mol. The molecule has 0 spiro atoms. The Morgan fingerprint density at radius 2 is 1.67 bits per heavy atom. The van der Waals surface area contributed by atoms with E-state index >= 15 is 0 Å². The van der Waals surface area contributed by atoms with Gasteiger partial charge in [-0.05, 0) is 24.3 Å². The van der Waals surface area contributed by atoms with Crippen molar-refractivity contribution in [3.63, 3.8) is 0 Å². The third kappa shape index (κ3) is 2.67. The van der Waals surface area contributed by atoms with Crippen LogP contribution in [0.2, 0.25) is 0 Å². The third-order valence-electron chi connectivity index (χ3n) is 2.96. The lowest BCUT2D eigenvalue weighted by Gasteiger charge is -2.06.